The van der Waals surface area contributed by atoms with Crippen LogP contribution in [0.5, 0.6) is 0 Å². The third-order valence-electron chi connectivity index (χ3n) is 4.48. The average molecular weight is 355 g/mol. The standard InChI is InChI=1S/C21H17N5O/c22-12-14(21-24-17-6-2-3-7-18(17)25-21)11-15-13-26(10-9-20(23)27)19-8-4-1-5-16(15)19/h1-8,11,13H,9-10H2,(H2,23,27)(H,24,25). The largest absolute Gasteiger partial charge is 0.370 e. The smallest absolute Gasteiger partial charge is 0.219 e. The van der Waals surface area contributed by atoms with Gasteiger partial charge in [0.15, 0.2) is 0 Å². The molecule has 2 aromatic heterocycles. The van der Waals surface area contributed by atoms with Crippen molar-refractivity contribution in [3.8, 4) is 6.07 Å². The van der Waals surface area contributed by atoms with Gasteiger partial charge in [0.25, 0.3) is 0 Å². The van der Waals surface area contributed by atoms with Crippen molar-refractivity contribution in [2.75, 3.05) is 0 Å². The molecule has 3 N–H and O–H groups in total. The number of primary amides is 1. The lowest BCUT2D eigenvalue weighted by atomic mass is 10.1. The maximum absolute atomic E-state index is 11.2. The molecule has 27 heavy (non-hydrogen) atoms. The molecular weight excluding hydrogens is 338 g/mol. The Hall–Kier alpha value is -3.85. The predicted molar refractivity (Wildman–Crippen MR) is 105 cm³/mol. The van der Waals surface area contributed by atoms with Crippen molar-refractivity contribution in [2.24, 2.45) is 5.73 Å². The van der Waals surface area contributed by atoms with Gasteiger partial charge < -0.3 is 15.3 Å². The Morgan fingerprint density at radius 1 is 1.22 bits per heavy atom. The summed E-state index contributed by atoms with van der Waals surface area (Å²) in [4.78, 5) is 18.9. The van der Waals surface area contributed by atoms with E-state index in [1.807, 2.05) is 65.4 Å². The van der Waals surface area contributed by atoms with Gasteiger partial charge in [-0.2, -0.15) is 5.26 Å². The molecule has 6 heteroatoms. The molecule has 0 bridgehead atoms. The second-order valence-electron chi connectivity index (χ2n) is 6.28. The number of aromatic amines is 1. The molecule has 4 rings (SSSR count). The van der Waals surface area contributed by atoms with Crippen LogP contribution in [0, 0.1) is 11.3 Å². The summed E-state index contributed by atoms with van der Waals surface area (Å²) < 4.78 is 1.99. The van der Waals surface area contributed by atoms with Gasteiger partial charge in [0.2, 0.25) is 5.91 Å². The summed E-state index contributed by atoms with van der Waals surface area (Å²) in [6, 6.07) is 17.8. The van der Waals surface area contributed by atoms with Crippen molar-refractivity contribution < 1.29 is 4.79 Å². The monoisotopic (exact) mass is 355 g/mol. The van der Waals surface area contributed by atoms with Crippen LogP contribution >= 0.6 is 0 Å². The highest BCUT2D eigenvalue weighted by Crippen LogP contribution is 2.26. The maximum Gasteiger partial charge on any atom is 0.219 e. The first-order chi connectivity index (χ1) is 13.2. The molecule has 0 aliphatic rings. The molecule has 0 aliphatic heterocycles. The molecule has 0 saturated heterocycles. The zero-order valence-electron chi connectivity index (χ0n) is 14.5. The molecule has 0 aliphatic carbocycles. The summed E-state index contributed by atoms with van der Waals surface area (Å²) in [6.07, 6.45) is 4.02. The number of hydrogen-bond acceptors (Lipinski definition) is 3. The van der Waals surface area contributed by atoms with Crippen molar-refractivity contribution in [2.45, 2.75) is 13.0 Å². The number of amides is 1. The zero-order chi connectivity index (χ0) is 18.8. The fraction of sp³-hybridized carbons (Fsp3) is 0.0952. The second kappa shape index (κ2) is 6.81. The Balaban J connectivity index is 1.80. The Labute approximate surface area is 155 Å². The first-order valence-corrected chi connectivity index (χ1v) is 8.59. The molecule has 0 atom stereocenters. The summed E-state index contributed by atoms with van der Waals surface area (Å²) >= 11 is 0. The van der Waals surface area contributed by atoms with Gasteiger partial charge in [0, 0.05) is 35.6 Å². The van der Waals surface area contributed by atoms with Crippen LogP contribution in [0.2, 0.25) is 0 Å². The number of imidazole rings is 1. The molecule has 4 aromatic rings. The molecule has 6 nitrogen and oxygen atoms in total. The summed E-state index contributed by atoms with van der Waals surface area (Å²) in [7, 11) is 0. The van der Waals surface area contributed by atoms with E-state index in [0.717, 1.165) is 27.5 Å². The Kier molecular flexibility index (Phi) is 4.19. The van der Waals surface area contributed by atoms with E-state index in [1.54, 1.807) is 0 Å². The third-order valence-corrected chi connectivity index (χ3v) is 4.48. The number of carbonyl (C=O) groups is 1. The Morgan fingerprint density at radius 3 is 2.78 bits per heavy atom. The lowest BCUT2D eigenvalue weighted by molar-refractivity contribution is -0.118. The van der Waals surface area contributed by atoms with Gasteiger partial charge in [-0.1, -0.05) is 30.3 Å². The number of nitriles is 1. The van der Waals surface area contributed by atoms with Gasteiger partial charge >= 0.3 is 0 Å². The number of rotatable bonds is 5. The van der Waals surface area contributed by atoms with Crippen LogP contribution in [-0.2, 0) is 11.3 Å². The SMILES string of the molecule is N#CC(=Cc1cn(CCC(N)=O)c2ccccc12)c1nc2ccccc2[nH]1. The minimum Gasteiger partial charge on any atom is -0.370 e. The topological polar surface area (TPSA) is 100 Å². The highest BCUT2D eigenvalue weighted by Gasteiger charge is 2.11. The average Bonchev–Trinajstić information content (AvgIpc) is 3.26. The van der Waals surface area contributed by atoms with E-state index in [2.05, 4.69) is 16.0 Å². The molecule has 1 amide bonds. The number of H-pyrrole nitrogens is 1. The number of carbonyl (C=O) groups excluding carboxylic acids is 1. The van der Waals surface area contributed by atoms with Crippen LogP contribution < -0.4 is 5.73 Å². The number of fused-ring (bicyclic) bond motifs is 2. The van der Waals surface area contributed by atoms with E-state index < -0.39 is 0 Å². The zero-order valence-corrected chi connectivity index (χ0v) is 14.5. The molecule has 0 spiro atoms. The quantitative estimate of drug-likeness (QED) is 0.536. The number of nitrogens with one attached hydrogen (secondary N) is 1. The fourth-order valence-electron chi connectivity index (χ4n) is 3.20. The minimum atomic E-state index is -0.343. The molecule has 0 unspecified atom stereocenters. The molecule has 132 valence electrons. The summed E-state index contributed by atoms with van der Waals surface area (Å²) in [5.74, 6) is 0.192. The Morgan fingerprint density at radius 2 is 2.00 bits per heavy atom. The van der Waals surface area contributed by atoms with E-state index in [4.69, 9.17) is 5.73 Å². The lowest BCUT2D eigenvalue weighted by Gasteiger charge is -2.02. The molecule has 2 aromatic carbocycles. The second-order valence-corrected chi connectivity index (χ2v) is 6.28. The number of aryl methyl sites for hydroxylation is 1. The van der Waals surface area contributed by atoms with Gasteiger partial charge in [-0.05, 0) is 24.3 Å². The van der Waals surface area contributed by atoms with Crippen molar-refractivity contribution in [3.63, 3.8) is 0 Å². The number of aromatic nitrogens is 3. The van der Waals surface area contributed by atoms with Crippen molar-refractivity contribution in [3.05, 3.63) is 66.1 Å². The van der Waals surface area contributed by atoms with Gasteiger partial charge in [0.1, 0.15) is 11.9 Å². The number of benzene rings is 2. The van der Waals surface area contributed by atoms with Crippen LogP contribution in [0.25, 0.3) is 33.6 Å². The van der Waals surface area contributed by atoms with Crippen LogP contribution in [0.15, 0.2) is 54.7 Å². The van der Waals surface area contributed by atoms with Crippen LogP contribution in [0.1, 0.15) is 17.8 Å². The minimum absolute atomic E-state index is 0.260. The number of nitrogens with two attached hydrogens (primary N) is 1. The highest BCUT2D eigenvalue weighted by atomic mass is 16.1. The number of nitrogens with zero attached hydrogens (tertiary/aromatic N) is 3. The highest BCUT2D eigenvalue weighted by molar-refractivity contribution is 5.98. The molecule has 0 fully saturated rings. The Bertz CT molecular complexity index is 1190. The number of allylic oxidation sites excluding steroid dienone is 1. The summed E-state index contributed by atoms with van der Waals surface area (Å²) in [5, 5.41) is 10.7. The van der Waals surface area contributed by atoms with Crippen LogP contribution in [0.4, 0.5) is 0 Å². The van der Waals surface area contributed by atoms with E-state index in [1.165, 1.54) is 0 Å². The summed E-state index contributed by atoms with van der Waals surface area (Å²) in [5.41, 5.74) is 9.33. The van der Waals surface area contributed by atoms with E-state index in [0.29, 0.717) is 17.9 Å². The number of hydrogen-bond donors (Lipinski definition) is 2. The van der Waals surface area contributed by atoms with Crippen molar-refractivity contribution in [1.29, 1.82) is 5.26 Å². The maximum atomic E-state index is 11.2. The van der Waals surface area contributed by atoms with E-state index in [-0.39, 0.29) is 12.3 Å². The molecular formula is C21H17N5O. The predicted octanol–water partition coefficient (Wildman–Crippen LogP) is 3.46. The van der Waals surface area contributed by atoms with Crippen molar-refractivity contribution in [1.82, 2.24) is 14.5 Å². The first kappa shape index (κ1) is 16.6. The van der Waals surface area contributed by atoms with Crippen LogP contribution in [0.3, 0.4) is 0 Å². The van der Waals surface area contributed by atoms with Crippen molar-refractivity contribution >= 4 is 39.5 Å². The number of para-hydroxylation sites is 3. The fourth-order valence-corrected chi connectivity index (χ4v) is 3.20. The third kappa shape index (κ3) is 3.18. The van der Waals surface area contributed by atoms with Gasteiger partial charge in [-0.3, -0.25) is 4.79 Å². The normalized spacial score (nSPS) is 11.7. The molecule has 2 heterocycles. The first-order valence-electron chi connectivity index (χ1n) is 8.59. The lowest BCUT2D eigenvalue weighted by Crippen LogP contribution is -2.13. The van der Waals surface area contributed by atoms with Gasteiger partial charge in [0.05, 0.1) is 16.6 Å². The summed E-state index contributed by atoms with van der Waals surface area (Å²) in [6.45, 7) is 0.496. The van der Waals surface area contributed by atoms with E-state index in [9.17, 15) is 10.1 Å². The van der Waals surface area contributed by atoms with Crippen LogP contribution in [-0.4, -0.2) is 20.4 Å². The molecule has 0 radical (unpaired) electrons. The van der Waals surface area contributed by atoms with Gasteiger partial charge in [-0.15, -0.1) is 0 Å². The molecule has 0 saturated carbocycles. The van der Waals surface area contributed by atoms with Gasteiger partial charge in [-0.25, -0.2) is 4.98 Å². The van der Waals surface area contributed by atoms with E-state index >= 15 is 0 Å².